The molecule has 2 heterocycles. The van der Waals surface area contributed by atoms with Gasteiger partial charge in [0.05, 0.1) is 11.2 Å². The molecule has 8 heteroatoms. The summed E-state index contributed by atoms with van der Waals surface area (Å²) in [6, 6.07) is 7.25. The number of aromatic nitrogens is 4. The lowest BCUT2D eigenvalue weighted by atomic mass is 10.2. The maximum Gasteiger partial charge on any atom is 0.274 e. The first-order valence-corrected chi connectivity index (χ1v) is 9.03. The minimum absolute atomic E-state index is 0.161. The number of benzene rings is 1. The van der Waals surface area contributed by atoms with Crippen LogP contribution in [0.25, 0.3) is 0 Å². The monoisotopic (exact) mass is 387 g/mol. The Morgan fingerprint density at radius 1 is 1.30 bits per heavy atom. The van der Waals surface area contributed by atoms with Crippen molar-refractivity contribution >= 4 is 17.5 Å². The third-order valence-electron chi connectivity index (χ3n) is 4.08. The second-order valence-electron chi connectivity index (χ2n) is 6.31. The van der Waals surface area contributed by atoms with Crippen molar-refractivity contribution in [2.24, 2.45) is 0 Å². The van der Waals surface area contributed by atoms with Gasteiger partial charge in [0.1, 0.15) is 5.75 Å². The van der Waals surface area contributed by atoms with E-state index in [-0.39, 0.29) is 12.6 Å². The number of hydrogen-bond donors (Lipinski definition) is 0. The predicted octanol–water partition coefficient (Wildman–Crippen LogP) is 3.37. The molecule has 3 aromatic rings. The summed E-state index contributed by atoms with van der Waals surface area (Å²) in [5.41, 5.74) is 2.39. The fourth-order valence-electron chi connectivity index (χ4n) is 2.61. The fraction of sp³-hybridized carbons (Fsp3) is 0.316. The van der Waals surface area contributed by atoms with Crippen molar-refractivity contribution in [2.75, 3.05) is 7.05 Å². The fourth-order valence-corrected chi connectivity index (χ4v) is 2.78. The van der Waals surface area contributed by atoms with Crippen LogP contribution in [0.4, 0.5) is 0 Å². The van der Waals surface area contributed by atoms with Crippen LogP contribution in [0, 0.1) is 6.92 Å². The molecule has 0 spiro atoms. The van der Waals surface area contributed by atoms with Crippen LogP contribution in [0.5, 0.6) is 5.75 Å². The molecule has 2 aromatic heterocycles. The topological polar surface area (TPSA) is 65.2 Å². The van der Waals surface area contributed by atoms with Crippen molar-refractivity contribution in [3.05, 3.63) is 64.7 Å². The number of amides is 1. The Morgan fingerprint density at radius 2 is 2.11 bits per heavy atom. The van der Waals surface area contributed by atoms with Crippen LogP contribution in [0.2, 0.25) is 5.02 Å². The molecule has 0 aliphatic heterocycles. The van der Waals surface area contributed by atoms with Crippen LogP contribution in [0.15, 0.2) is 42.9 Å². The summed E-state index contributed by atoms with van der Waals surface area (Å²) >= 11 is 6.13. The largest absolute Gasteiger partial charge is 0.470 e. The molecule has 0 fully saturated rings. The maximum atomic E-state index is 12.6. The molecule has 0 aliphatic carbocycles. The number of halogens is 1. The lowest BCUT2D eigenvalue weighted by Gasteiger charge is -2.14. The van der Waals surface area contributed by atoms with Crippen molar-refractivity contribution < 1.29 is 9.53 Å². The molecule has 27 heavy (non-hydrogen) atoms. The van der Waals surface area contributed by atoms with Crippen LogP contribution >= 0.6 is 11.6 Å². The average molecular weight is 388 g/mol. The molecule has 0 radical (unpaired) electrons. The minimum atomic E-state index is -0.161. The quantitative estimate of drug-likeness (QED) is 0.623. The van der Waals surface area contributed by atoms with Crippen LogP contribution < -0.4 is 4.74 Å². The van der Waals surface area contributed by atoms with Crippen molar-refractivity contribution in [2.45, 2.75) is 33.7 Å². The van der Waals surface area contributed by atoms with Gasteiger partial charge in [-0.2, -0.15) is 10.2 Å². The lowest BCUT2D eigenvalue weighted by Crippen LogP contribution is -2.26. The molecule has 0 saturated heterocycles. The van der Waals surface area contributed by atoms with Gasteiger partial charge < -0.3 is 9.64 Å². The SMILES string of the molecule is CCn1cc(CN(C)C(=O)c2ccn(COc3cc(C)ccc3Cl)n2)cn1. The molecule has 1 aromatic carbocycles. The van der Waals surface area contributed by atoms with Gasteiger partial charge in [0.25, 0.3) is 5.91 Å². The highest BCUT2D eigenvalue weighted by atomic mass is 35.5. The molecule has 3 rings (SSSR count). The highest BCUT2D eigenvalue weighted by Crippen LogP contribution is 2.25. The first kappa shape index (κ1) is 19.0. The molecule has 0 bridgehead atoms. The van der Waals surface area contributed by atoms with E-state index in [2.05, 4.69) is 10.2 Å². The summed E-state index contributed by atoms with van der Waals surface area (Å²) in [6.45, 7) is 5.43. The Hall–Kier alpha value is -2.80. The Morgan fingerprint density at radius 3 is 2.85 bits per heavy atom. The molecule has 0 aliphatic rings. The van der Waals surface area contributed by atoms with Crippen LogP contribution in [0.3, 0.4) is 0 Å². The smallest absolute Gasteiger partial charge is 0.274 e. The number of rotatable bonds is 7. The number of hydrogen-bond acceptors (Lipinski definition) is 4. The highest BCUT2D eigenvalue weighted by molar-refractivity contribution is 6.32. The number of ether oxygens (including phenoxy) is 1. The van der Waals surface area contributed by atoms with E-state index in [4.69, 9.17) is 16.3 Å². The van der Waals surface area contributed by atoms with Gasteiger partial charge in [-0.25, -0.2) is 4.68 Å². The van der Waals surface area contributed by atoms with Crippen LogP contribution in [0.1, 0.15) is 28.5 Å². The van der Waals surface area contributed by atoms with Crippen molar-refractivity contribution in [1.82, 2.24) is 24.5 Å². The van der Waals surface area contributed by atoms with Gasteiger partial charge in [0, 0.05) is 38.1 Å². The van der Waals surface area contributed by atoms with Crippen molar-refractivity contribution in [3.63, 3.8) is 0 Å². The average Bonchev–Trinajstić information content (AvgIpc) is 3.31. The third-order valence-corrected chi connectivity index (χ3v) is 4.39. The zero-order chi connectivity index (χ0) is 19.4. The third kappa shape index (κ3) is 4.68. The van der Waals surface area contributed by atoms with E-state index in [1.807, 2.05) is 36.9 Å². The Kier molecular flexibility index (Phi) is 5.81. The molecular formula is C19H22ClN5O2. The zero-order valence-electron chi connectivity index (χ0n) is 15.6. The van der Waals surface area contributed by atoms with Gasteiger partial charge in [-0.3, -0.25) is 9.48 Å². The van der Waals surface area contributed by atoms with Crippen molar-refractivity contribution in [1.29, 1.82) is 0 Å². The summed E-state index contributed by atoms with van der Waals surface area (Å²) in [6.07, 6.45) is 5.41. The molecule has 0 atom stereocenters. The first-order valence-electron chi connectivity index (χ1n) is 8.65. The molecule has 142 valence electrons. The van der Waals surface area contributed by atoms with E-state index >= 15 is 0 Å². The summed E-state index contributed by atoms with van der Waals surface area (Å²) < 4.78 is 9.09. The molecule has 0 N–H and O–H groups in total. The normalized spacial score (nSPS) is 10.8. The van der Waals surface area contributed by atoms with E-state index in [0.717, 1.165) is 17.7 Å². The Bertz CT molecular complexity index is 934. The summed E-state index contributed by atoms with van der Waals surface area (Å²) in [5.74, 6) is 0.427. The van der Waals surface area contributed by atoms with E-state index < -0.39 is 0 Å². The molecule has 1 amide bonds. The lowest BCUT2D eigenvalue weighted by molar-refractivity contribution is 0.0777. The van der Waals surface area contributed by atoms with Gasteiger partial charge in [-0.15, -0.1) is 0 Å². The van der Waals surface area contributed by atoms with Gasteiger partial charge in [0.2, 0.25) is 0 Å². The number of nitrogens with zero attached hydrogens (tertiary/aromatic N) is 5. The Labute approximate surface area is 163 Å². The van der Waals surface area contributed by atoms with Gasteiger partial charge in [-0.1, -0.05) is 17.7 Å². The number of carbonyl (C=O) groups is 1. The minimum Gasteiger partial charge on any atom is -0.470 e. The number of carbonyl (C=O) groups excluding carboxylic acids is 1. The molecule has 0 unspecified atom stereocenters. The maximum absolute atomic E-state index is 12.6. The molecule has 0 saturated carbocycles. The van der Waals surface area contributed by atoms with Gasteiger partial charge >= 0.3 is 0 Å². The van der Waals surface area contributed by atoms with E-state index in [0.29, 0.717) is 23.0 Å². The highest BCUT2D eigenvalue weighted by Gasteiger charge is 2.16. The van der Waals surface area contributed by atoms with E-state index in [1.165, 1.54) is 0 Å². The first-order chi connectivity index (χ1) is 13.0. The summed E-state index contributed by atoms with van der Waals surface area (Å²) in [5, 5.41) is 9.06. The zero-order valence-corrected chi connectivity index (χ0v) is 16.3. The standard InChI is InChI=1S/C19H22ClN5O2/c1-4-24-12-15(10-21-24)11-23(3)19(26)17-7-8-25(22-17)13-27-18-9-14(2)5-6-16(18)20/h5-10,12H,4,11,13H2,1-3H3. The van der Waals surface area contributed by atoms with Gasteiger partial charge in [-0.05, 0) is 37.6 Å². The summed E-state index contributed by atoms with van der Waals surface area (Å²) in [7, 11) is 1.74. The Balaban J connectivity index is 1.60. The predicted molar refractivity (Wildman–Crippen MR) is 103 cm³/mol. The van der Waals surface area contributed by atoms with Crippen LogP contribution in [-0.4, -0.2) is 37.4 Å². The van der Waals surface area contributed by atoms with Gasteiger partial charge in [0.15, 0.2) is 12.4 Å². The molecular weight excluding hydrogens is 366 g/mol. The van der Waals surface area contributed by atoms with E-state index in [9.17, 15) is 4.79 Å². The van der Waals surface area contributed by atoms with Crippen LogP contribution in [-0.2, 0) is 19.8 Å². The van der Waals surface area contributed by atoms with Crippen molar-refractivity contribution in [3.8, 4) is 5.75 Å². The number of aryl methyl sites for hydroxylation is 2. The summed E-state index contributed by atoms with van der Waals surface area (Å²) in [4.78, 5) is 14.2. The van der Waals surface area contributed by atoms with E-state index in [1.54, 1.807) is 41.2 Å². The second kappa shape index (κ2) is 8.26. The second-order valence-corrected chi connectivity index (χ2v) is 6.72. The molecule has 7 nitrogen and oxygen atoms in total.